The molecule has 1 unspecified atom stereocenters. The Labute approximate surface area is 259 Å². The average Bonchev–Trinajstić information content (AvgIpc) is 3.17. The number of ether oxygens (including phenoxy) is 2. The number of rotatable bonds is 11. The van der Waals surface area contributed by atoms with Crippen molar-refractivity contribution in [3.8, 4) is 11.5 Å². The van der Waals surface area contributed by atoms with Gasteiger partial charge in [-0.2, -0.15) is 0 Å². The first-order valence-corrected chi connectivity index (χ1v) is 17.6. The minimum atomic E-state index is -0.453. The predicted molar refractivity (Wildman–Crippen MR) is 181 cm³/mol. The number of amides is 1. The number of alkyl halides is 1. The predicted octanol–water partition coefficient (Wildman–Crippen LogP) is 9.12. The quantitative estimate of drug-likeness (QED) is 0.0913. The second-order valence-corrected chi connectivity index (χ2v) is 13.4. The summed E-state index contributed by atoms with van der Waals surface area (Å²) in [6.07, 6.45) is 8.44. The molecule has 220 valence electrons. The third-order valence-electron chi connectivity index (χ3n) is 8.36. The molecule has 1 saturated carbocycles. The van der Waals surface area contributed by atoms with E-state index >= 15 is 0 Å². The lowest BCUT2D eigenvalue weighted by Gasteiger charge is -2.36. The van der Waals surface area contributed by atoms with Gasteiger partial charge in [-0.25, -0.2) is 0 Å². The number of nitrogens with one attached hydrogen (secondary N) is 1. The molecule has 3 aromatic carbocycles. The molecule has 0 spiro atoms. The van der Waals surface area contributed by atoms with Gasteiger partial charge in [0.25, 0.3) is 5.91 Å². The van der Waals surface area contributed by atoms with E-state index in [-0.39, 0.29) is 11.3 Å². The van der Waals surface area contributed by atoms with E-state index in [0.717, 1.165) is 16.7 Å². The number of hydrogen-bond donors (Lipinski definition) is 2. The van der Waals surface area contributed by atoms with Crippen LogP contribution in [0.15, 0.2) is 60.2 Å². The van der Waals surface area contributed by atoms with Crippen molar-refractivity contribution in [2.75, 3.05) is 23.1 Å². The fourth-order valence-corrected chi connectivity index (χ4v) is 7.74. The average molecular weight is 689 g/mol. The number of nitrogens with two attached hydrogens (primary N) is 1. The molecule has 2 atom stereocenters. The zero-order chi connectivity index (χ0) is 29.2. The van der Waals surface area contributed by atoms with Crippen LogP contribution in [-0.2, 0) is 0 Å². The lowest BCUT2D eigenvalue weighted by Crippen LogP contribution is -2.27. The Morgan fingerprint density at radius 2 is 1.88 bits per heavy atom. The van der Waals surface area contributed by atoms with E-state index in [1.54, 1.807) is 18.2 Å². The molecule has 1 amide bonds. The van der Waals surface area contributed by atoms with Crippen LogP contribution in [0.1, 0.15) is 76.1 Å². The highest BCUT2D eigenvalue weighted by atomic mass is 127. The molecular weight excluding hydrogens is 647 g/mol. The molecule has 0 aromatic heterocycles. The topological polar surface area (TPSA) is 73.6 Å². The van der Waals surface area contributed by atoms with Gasteiger partial charge in [-0.15, -0.1) is 0 Å². The third-order valence-corrected chi connectivity index (χ3v) is 10.4. The zero-order valence-corrected chi connectivity index (χ0v) is 27.3. The maximum atomic E-state index is 13.6. The van der Waals surface area contributed by atoms with Crippen molar-refractivity contribution in [3.63, 3.8) is 0 Å². The van der Waals surface area contributed by atoms with Crippen LogP contribution in [0, 0.1) is 11.3 Å². The van der Waals surface area contributed by atoms with Gasteiger partial charge in [0.1, 0.15) is 16.1 Å². The number of hydrogen-bond acceptors (Lipinski definition) is 4. The highest BCUT2D eigenvalue weighted by molar-refractivity contribution is 14.2. The van der Waals surface area contributed by atoms with Crippen LogP contribution >= 0.6 is 32.3 Å². The van der Waals surface area contributed by atoms with Crippen LogP contribution in [0.25, 0.3) is 10.8 Å². The van der Waals surface area contributed by atoms with Crippen molar-refractivity contribution in [2.45, 2.75) is 65.7 Å². The van der Waals surface area contributed by atoms with Crippen LogP contribution in [0.3, 0.4) is 0 Å². The minimum Gasteiger partial charge on any atom is -0.493 e. The molecule has 5 nitrogen and oxygen atoms in total. The molecule has 4 rings (SSSR count). The van der Waals surface area contributed by atoms with Gasteiger partial charge >= 0.3 is 0 Å². The lowest BCUT2D eigenvalue weighted by molar-refractivity contribution is 0.102. The summed E-state index contributed by atoms with van der Waals surface area (Å²) in [6, 6.07) is 17.0. The molecule has 0 heterocycles. The van der Waals surface area contributed by atoms with Gasteiger partial charge in [0.15, 0.2) is 0 Å². The van der Waals surface area contributed by atoms with Crippen LogP contribution in [-0.4, -0.2) is 27.3 Å². The van der Waals surface area contributed by atoms with Gasteiger partial charge in [-0.05, 0) is 105 Å². The molecule has 0 radical (unpaired) electrons. The van der Waals surface area contributed by atoms with Gasteiger partial charge < -0.3 is 20.5 Å². The summed E-state index contributed by atoms with van der Waals surface area (Å²) < 4.78 is 16.5. The summed E-state index contributed by atoms with van der Waals surface area (Å²) in [5.74, 6) is 1.54. The summed E-state index contributed by atoms with van der Waals surface area (Å²) >= 11 is 5.88. The Bertz CT molecular complexity index is 1420. The number of carbonyl (C=O) groups excluding carboxylic acids is 1. The lowest BCUT2D eigenvalue weighted by atomic mass is 9.68. The molecule has 0 saturated heterocycles. The summed E-state index contributed by atoms with van der Waals surface area (Å²) in [4.78, 5) is 13.6. The SMILES string of the molecule is CCC1CCCCC[C@]1(C)C(C)=C=ICOc1cc(Cl)ccc1NC(=O)c1cc2ccccc2cc1OCCCN. The number of halogens is 2. The van der Waals surface area contributed by atoms with Crippen LogP contribution in [0.4, 0.5) is 5.69 Å². The summed E-state index contributed by atoms with van der Waals surface area (Å²) in [6.45, 7) is 7.98. The summed E-state index contributed by atoms with van der Waals surface area (Å²) in [5, 5.41) is 5.56. The standard InChI is InChI=1S/C34H42ClIN2O3/c1-4-27-13-6-5-9-16-34(27,3)24(2)22-36-23-41-32-21-28(35)14-15-30(32)38-33(39)29-19-25-11-7-8-12-26(25)20-31(29)40-18-10-17-37/h7-8,11-12,14-15,19-21,27H,4-6,9-10,13,16-18,23,37H2,1-3H3,(H,38,39)/t27?,34-/m1/s1. The van der Waals surface area contributed by atoms with Gasteiger partial charge in [0, 0.05) is 11.1 Å². The molecule has 0 bridgehead atoms. The van der Waals surface area contributed by atoms with Gasteiger partial charge in [-0.3, -0.25) is 4.79 Å². The minimum absolute atomic E-state index is 0.226. The Kier molecular flexibility index (Phi) is 11.7. The van der Waals surface area contributed by atoms with E-state index in [4.69, 9.17) is 26.8 Å². The highest BCUT2D eigenvalue weighted by Gasteiger charge is 2.35. The van der Waals surface area contributed by atoms with E-state index in [2.05, 4.69) is 29.8 Å². The number of allylic oxidation sites excluding steroid dienone is 1. The van der Waals surface area contributed by atoms with Crippen molar-refractivity contribution in [1.82, 2.24) is 0 Å². The van der Waals surface area contributed by atoms with Gasteiger partial charge in [0.05, 0.1) is 17.9 Å². The summed E-state index contributed by atoms with van der Waals surface area (Å²) in [5.41, 5.74) is 8.31. The Morgan fingerprint density at radius 1 is 1.10 bits per heavy atom. The summed E-state index contributed by atoms with van der Waals surface area (Å²) in [7, 11) is 0. The zero-order valence-electron chi connectivity index (χ0n) is 24.4. The molecule has 41 heavy (non-hydrogen) atoms. The van der Waals surface area contributed by atoms with E-state index in [9.17, 15) is 4.79 Å². The van der Waals surface area contributed by atoms with Crippen molar-refractivity contribution < 1.29 is 14.3 Å². The van der Waals surface area contributed by atoms with Crippen LogP contribution < -0.4 is 20.5 Å². The first-order chi connectivity index (χ1) is 19.9. The Hall–Kier alpha value is -2.38. The molecule has 1 fully saturated rings. The monoisotopic (exact) mass is 688 g/mol. The van der Waals surface area contributed by atoms with E-state index in [1.165, 1.54) is 44.1 Å². The first kappa shape index (κ1) is 31.6. The molecule has 7 heteroatoms. The second-order valence-electron chi connectivity index (χ2n) is 11.0. The third kappa shape index (κ3) is 8.13. The van der Waals surface area contributed by atoms with Crippen molar-refractivity contribution in [1.29, 1.82) is 0 Å². The molecule has 1 aliphatic rings. The van der Waals surface area contributed by atoms with Crippen molar-refractivity contribution in [3.05, 3.63) is 70.8 Å². The van der Waals surface area contributed by atoms with E-state index in [0.29, 0.717) is 52.0 Å². The number of anilines is 1. The Balaban J connectivity index is 1.53. The van der Waals surface area contributed by atoms with E-state index < -0.39 is 20.7 Å². The molecular formula is C34H42ClIN2O3. The highest BCUT2D eigenvalue weighted by Crippen LogP contribution is 2.46. The number of carbonyl (C=O) groups is 1. The largest absolute Gasteiger partial charge is 0.493 e. The fraction of sp³-hybridized carbons (Fsp3) is 0.441. The maximum absolute atomic E-state index is 13.6. The molecule has 1 aliphatic carbocycles. The fourth-order valence-electron chi connectivity index (χ4n) is 5.74. The normalized spacial score (nSPS) is 18.8. The van der Waals surface area contributed by atoms with Gasteiger partial charge in [0.2, 0.25) is 0 Å². The number of fused-ring (bicyclic) bond motifs is 1. The molecule has 0 aliphatic heterocycles. The van der Waals surface area contributed by atoms with Crippen LogP contribution in [0.5, 0.6) is 11.5 Å². The van der Waals surface area contributed by atoms with Crippen LogP contribution in [0.2, 0.25) is 5.02 Å². The van der Waals surface area contributed by atoms with E-state index in [1.807, 2.05) is 36.4 Å². The Morgan fingerprint density at radius 3 is 2.63 bits per heavy atom. The smallest absolute Gasteiger partial charge is 0.259 e. The molecule has 3 N–H and O–H groups in total. The first-order valence-electron chi connectivity index (χ1n) is 14.6. The van der Waals surface area contributed by atoms with Crippen molar-refractivity contribution in [2.24, 2.45) is 17.1 Å². The van der Waals surface area contributed by atoms with Crippen molar-refractivity contribution >= 4 is 58.4 Å². The molecule has 3 aromatic rings. The maximum Gasteiger partial charge on any atom is 0.259 e. The number of benzene rings is 3. The van der Waals surface area contributed by atoms with Gasteiger partial charge in [-0.1, -0.05) is 79.1 Å². The second kappa shape index (κ2) is 15.2.